The minimum atomic E-state index is -0.440. The van der Waals surface area contributed by atoms with E-state index in [4.69, 9.17) is 11.6 Å². The Morgan fingerprint density at radius 3 is 2.25 bits per heavy atom. The third-order valence-electron chi connectivity index (χ3n) is 3.13. The van der Waals surface area contributed by atoms with Gasteiger partial charge in [-0.25, -0.2) is 8.78 Å². The molecule has 2 aromatic carbocycles. The molecule has 1 N–H and O–H groups in total. The lowest BCUT2D eigenvalue weighted by molar-refractivity contribution is 0.503. The predicted molar refractivity (Wildman–Crippen MR) is 79.0 cm³/mol. The minimum Gasteiger partial charge on any atom is -0.378 e. The molecule has 0 radical (unpaired) electrons. The Balaban J connectivity index is 2.31. The maximum Gasteiger partial charge on any atom is 0.128 e. The van der Waals surface area contributed by atoms with Crippen molar-refractivity contribution >= 4 is 17.3 Å². The average molecular weight is 296 g/mol. The molecule has 0 amide bonds. The van der Waals surface area contributed by atoms with Crippen molar-refractivity contribution in [1.82, 2.24) is 0 Å². The molecule has 106 valence electrons. The lowest BCUT2D eigenvalue weighted by atomic mass is 9.95. The van der Waals surface area contributed by atoms with Crippen LogP contribution >= 0.6 is 11.6 Å². The Labute approximate surface area is 122 Å². The van der Waals surface area contributed by atoms with Gasteiger partial charge in [-0.05, 0) is 48.4 Å². The fraction of sp³-hybridized carbons (Fsp3) is 0.250. The molecule has 2 aromatic rings. The maximum atomic E-state index is 13.9. The second-order valence-corrected chi connectivity index (χ2v) is 5.48. The molecule has 0 spiro atoms. The van der Waals surface area contributed by atoms with E-state index in [2.05, 4.69) is 5.32 Å². The van der Waals surface area contributed by atoms with Crippen LogP contribution in [0.5, 0.6) is 0 Å². The molecule has 0 aromatic heterocycles. The van der Waals surface area contributed by atoms with Gasteiger partial charge in [0.25, 0.3) is 0 Å². The van der Waals surface area contributed by atoms with Crippen LogP contribution in [0.1, 0.15) is 25.5 Å². The number of benzene rings is 2. The number of halogens is 3. The van der Waals surface area contributed by atoms with Gasteiger partial charge in [0.15, 0.2) is 0 Å². The van der Waals surface area contributed by atoms with Crippen LogP contribution < -0.4 is 5.32 Å². The summed E-state index contributed by atoms with van der Waals surface area (Å²) in [6, 6.07) is 10.3. The molecule has 1 nitrogen and oxygen atoms in total. The Morgan fingerprint density at radius 2 is 1.65 bits per heavy atom. The van der Waals surface area contributed by atoms with Gasteiger partial charge in [0.1, 0.15) is 11.6 Å². The standard InChI is InChI=1S/C16H16ClF2N/c1-10(2)16(14-9-12(18)5-8-15(14)19)20-13-6-3-11(17)4-7-13/h3-10,16,20H,1-2H3. The number of hydrogen-bond acceptors (Lipinski definition) is 1. The van der Waals surface area contributed by atoms with E-state index < -0.39 is 11.6 Å². The van der Waals surface area contributed by atoms with Gasteiger partial charge < -0.3 is 5.32 Å². The summed E-state index contributed by atoms with van der Waals surface area (Å²) >= 11 is 5.84. The normalized spacial score (nSPS) is 12.5. The Hall–Kier alpha value is -1.61. The van der Waals surface area contributed by atoms with Crippen LogP contribution in [0.15, 0.2) is 42.5 Å². The molecule has 0 aliphatic carbocycles. The zero-order valence-electron chi connectivity index (χ0n) is 11.3. The molecule has 0 heterocycles. The smallest absolute Gasteiger partial charge is 0.128 e. The summed E-state index contributed by atoms with van der Waals surface area (Å²) in [6.07, 6.45) is 0. The molecular weight excluding hydrogens is 280 g/mol. The van der Waals surface area contributed by atoms with Crippen molar-refractivity contribution in [3.8, 4) is 0 Å². The molecule has 1 unspecified atom stereocenters. The van der Waals surface area contributed by atoms with Crippen LogP contribution in [0.2, 0.25) is 5.02 Å². The van der Waals surface area contributed by atoms with Gasteiger partial charge in [0.2, 0.25) is 0 Å². The number of hydrogen-bond donors (Lipinski definition) is 1. The van der Waals surface area contributed by atoms with Crippen LogP contribution in [0.4, 0.5) is 14.5 Å². The van der Waals surface area contributed by atoms with Gasteiger partial charge in [0.05, 0.1) is 6.04 Å². The predicted octanol–water partition coefficient (Wildman–Crippen LogP) is 5.43. The first kappa shape index (κ1) is 14.8. The fourth-order valence-electron chi connectivity index (χ4n) is 2.08. The molecule has 4 heteroatoms. The average Bonchev–Trinajstić information content (AvgIpc) is 2.41. The lowest BCUT2D eigenvalue weighted by Crippen LogP contribution is -2.18. The molecular formula is C16H16ClF2N. The van der Waals surface area contributed by atoms with Crippen LogP contribution in [0.3, 0.4) is 0 Å². The molecule has 0 bridgehead atoms. The SMILES string of the molecule is CC(C)C(Nc1ccc(Cl)cc1)c1cc(F)ccc1F. The zero-order chi connectivity index (χ0) is 14.7. The fourth-order valence-corrected chi connectivity index (χ4v) is 2.21. The van der Waals surface area contributed by atoms with E-state index in [1.54, 1.807) is 12.1 Å². The second kappa shape index (κ2) is 6.23. The first-order valence-electron chi connectivity index (χ1n) is 6.44. The summed E-state index contributed by atoms with van der Waals surface area (Å²) in [4.78, 5) is 0. The molecule has 0 saturated carbocycles. The largest absolute Gasteiger partial charge is 0.378 e. The highest BCUT2D eigenvalue weighted by molar-refractivity contribution is 6.30. The highest BCUT2D eigenvalue weighted by Gasteiger charge is 2.20. The zero-order valence-corrected chi connectivity index (χ0v) is 12.1. The highest BCUT2D eigenvalue weighted by Crippen LogP contribution is 2.29. The number of rotatable bonds is 4. The second-order valence-electron chi connectivity index (χ2n) is 5.04. The first-order chi connectivity index (χ1) is 9.47. The summed E-state index contributed by atoms with van der Waals surface area (Å²) in [5.74, 6) is -0.751. The van der Waals surface area contributed by atoms with Crippen molar-refractivity contribution < 1.29 is 8.78 Å². The van der Waals surface area contributed by atoms with Crippen molar-refractivity contribution in [2.45, 2.75) is 19.9 Å². The van der Waals surface area contributed by atoms with Crippen molar-refractivity contribution in [2.24, 2.45) is 5.92 Å². The summed E-state index contributed by atoms with van der Waals surface area (Å²) < 4.78 is 27.3. The van der Waals surface area contributed by atoms with Gasteiger partial charge in [-0.2, -0.15) is 0 Å². The van der Waals surface area contributed by atoms with E-state index in [1.807, 2.05) is 26.0 Å². The summed E-state index contributed by atoms with van der Waals surface area (Å²) in [6.45, 7) is 3.91. The van der Waals surface area contributed by atoms with Gasteiger partial charge in [-0.15, -0.1) is 0 Å². The van der Waals surface area contributed by atoms with Gasteiger partial charge >= 0.3 is 0 Å². The van der Waals surface area contributed by atoms with E-state index in [0.29, 0.717) is 10.6 Å². The molecule has 0 aliphatic rings. The molecule has 0 fully saturated rings. The monoisotopic (exact) mass is 295 g/mol. The van der Waals surface area contributed by atoms with E-state index in [9.17, 15) is 8.78 Å². The van der Waals surface area contributed by atoms with E-state index in [0.717, 1.165) is 17.8 Å². The van der Waals surface area contributed by atoms with Crippen molar-refractivity contribution in [1.29, 1.82) is 0 Å². The van der Waals surface area contributed by atoms with Crippen LogP contribution in [0, 0.1) is 17.6 Å². The lowest BCUT2D eigenvalue weighted by Gasteiger charge is -2.24. The van der Waals surface area contributed by atoms with Gasteiger partial charge in [-0.1, -0.05) is 25.4 Å². The molecule has 1 atom stereocenters. The minimum absolute atomic E-state index is 0.0991. The Bertz CT molecular complexity index is 582. The summed E-state index contributed by atoms with van der Waals surface area (Å²) in [7, 11) is 0. The number of nitrogens with one attached hydrogen (secondary N) is 1. The molecule has 20 heavy (non-hydrogen) atoms. The maximum absolute atomic E-state index is 13.9. The van der Waals surface area contributed by atoms with E-state index in [1.165, 1.54) is 6.07 Å². The first-order valence-corrected chi connectivity index (χ1v) is 6.82. The third kappa shape index (κ3) is 3.48. The number of anilines is 1. The van der Waals surface area contributed by atoms with E-state index in [-0.39, 0.29) is 12.0 Å². The van der Waals surface area contributed by atoms with Crippen LogP contribution in [0.25, 0.3) is 0 Å². The van der Waals surface area contributed by atoms with Gasteiger partial charge in [-0.3, -0.25) is 0 Å². The highest BCUT2D eigenvalue weighted by atomic mass is 35.5. The van der Waals surface area contributed by atoms with Crippen molar-refractivity contribution in [2.75, 3.05) is 5.32 Å². The summed E-state index contributed by atoms with van der Waals surface area (Å²) in [5, 5.41) is 3.86. The van der Waals surface area contributed by atoms with Crippen LogP contribution in [-0.2, 0) is 0 Å². The van der Waals surface area contributed by atoms with Crippen LogP contribution in [-0.4, -0.2) is 0 Å². The topological polar surface area (TPSA) is 12.0 Å². The third-order valence-corrected chi connectivity index (χ3v) is 3.38. The van der Waals surface area contributed by atoms with Crippen molar-refractivity contribution in [3.63, 3.8) is 0 Å². The Morgan fingerprint density at radius 1 is 1.00 bits per heavy atom. The molecule has 0 aliphatic heterocycles. The summed E-state index contributed by atoms with van der Waals surface area (Å²) in [5.41, 5.74) is 1.15. The Kier molecular flexibility index (Phi) is 4.61. The molecule has 2 rings (SSSR count). The quantitative estimate of drug-likeness (QED) is 0.793. The van der Waals surface area contributed by atoms with Crippen molar-refractivity contribution in [3.05, 3.63) is 64.7 Å². The van der Waals surface area contributed by atoms with Gasteiger partial charge in [0, 0.05) is 16.3 Å². The molecule has 0 saturated heterocycles. The van der Waals surface area contributed by atoms with E-state index >= 15 is 0 Å².